The molecular formula is C20H25N3O4. The van der Waals surface area contributed by atoms with Gasteiger partial charge in [0, 0.05) is 24.2 Å². The highest BCUT2D eigenvalue weighted by Crippen LogP contribution is 2.21. The second-order valence-corrected chi connectivity index (χ2v) is 6.64. The molecule has 2 heterocycles. The molecule has 2 aromatic rings. The second kappa shape index (κ2) is 8.35. The lowest BCUT2D eigenvalue weighted by atomic mass is 9.93. The Morgan fingerprint density at radius 3 is 2.74 bits per heavy atom. The van der Waals surface area contributed by atoms with Crippen molar-refractivity contribution < 1.29 is 14.0 Å². The number of aryl methyl sites for hydroxylation is 1. The molecule has 0 unspecified atom stereocenters. The molecule has 0 saturated carbocycles. The molecule has 7 nitrogen and oxygen atoms in total. The molecule has 1 atom stereocenters. The van der Waals surface area contributed by atoms with Crippen molar-refractivity contribution in [1.82, 2.24) is 15.2 Å². The first kappa shape index (κ1) is 19.1. The number of carbonyl (C=O) groups is 2. The Morgan fingerprint density at radius 2 is 2.07 bits per heavy atom. The standard InChI is InChI=1S/C20H25N3O4/c1-3-23(4-2)16(18-9-6-10-27-18)12-21-19(25)14-11-13-15(22-20(14)26)7-5-8-17(13)24/h6,9-11,16H,3-5,7-8,12H2,1-2H3,(H,21,25)(H,22,26)/t16-/m1/s1. The van der Waals surface area contributed by atoms with E-state index in [1.807, 2.05) is 26.0 Å². The van der Waals surface area contributed by atoms with E-state index >= 15 is 0 Å². The van der Waals surface area contributed by atoms with Crippen LogP contribution in [0.25, 0.3) is 0 Å². The molecule has 0 aromatic carbocycles. The van der Waals surface area contributed by atoms with Gasteiger partial charge in [0.1, 0.15) is 11.3 Å². The minimum absolute atomic E-state index is 0.0262. The summed E-state index contributed by atoms with van der Waals surface area (Å²) in [5.41, 5.74) is 0.599. The number of fused-ring (bicyclic) bond motifs is 1. The third-order valence-electron chi connectivity index (χ3n) is 5.08. The zero-order chi connectivity index (χ0) is 19.4. The minimum Gasteiger partial charge on any atom is -0.468 e. The molecule has 7 heteroatoms. The maximum Gasteiger partial charge on any atom is 0.261 e. The van der Waals surface area contributed by atoms with Crippen LogP contribution < -0.4 is 10.9 Å². The lowest BCUT2D eigenvalue weighted by Crippen LogP contribution is -2.39. The fraction of sp³-hybridized carbons (Fsp3) is 0.450. The summed E-state index contributed by atoms with van der Waals surface area (Å²) in [4.78, 5) is 41.9. The van der Waals surface area contributed by atoms with E-state index in [4.69, 9.17) is 4.42 Å². The summed E-state index contributed by atoms with van der Waals surface area (Å²) in [5.74, 6) is 0.243. The minimum atomic E-state index is -0.485. The van der Waals surface area contributed by atoms with Gasteiger partial charge in [-0.2, -0.15) is 0 Å². The molecule has 1 amide bonds. The summed E-state index contributed by atoms with van der Waals surface area (Å²) in [6.45, 7) is 5.98. The number of likely N-dealkylation sites (N-methyl/N-ethyl adjacent to an activating group) is 1. The van der Waals surface area contributed by atoms with E-state index in [1.165, 1.54) is 6.07 Å². The highest BCUT2D eigenvalue weighted by atomic mass is 16.3. The Hall–Kier alpha value is -2.67. The van der Waals surface area contributed by atoms with Crippen molar-refractivity contribution >= 4 is 11.7 Å². The van der Waals surface area contributed by atoms with Gasteiger partial charge in [-0.05, 0) is 44.1 Å². The number of nitrogens with one attached hydrogen (secondary N) is 2. The Labute approximate surface area is 157 Å². The van der Waals surface area contributed by atoms with Gasteiger partial charge in [-0.15, -0.1) is 0 Å². The van der Waals surface area contributed by atoms with E-state index in [1.54, 1.807) is 6.26 Å². The summed E-state index contributed by atoms with van der Waals surface area (Å²) >= 11 is 0. The predicted molar refractivity (Wildman–Crippen MR) is 101 cm³/mol. The monoisotopic (exact) mass is 371 g/mol. The lowest BCUT2D eigenvalue weighted by Gasteiger charge is -2.28. The highest BCUT2D eigenvalue weighted by molar-refractivity contribution is 6.01. The van der Waals surface area contributed by atoms with E-state index in [-0.39, 0.29) is 17.4 Å². The van der Waals surface area contributed by atoms with Crippen molar-refractivity contribution in [1.29, 1.82) is 0 Å². The number of aromatic nitrogens is 1. The Kier molecular flexibility index (Phi) is 5.91. The number of carbonyl (C=O) groups excluding carboxylic acids is 2. The van der Waals surface area contributed by atoms with Crippen molar-refractivity contribution in [3.63, 3.8) is 0 Å². The number of pyridine rings is 1. The number of H-pyrrole nitrogens is 1. The Bertz CT molecular complexity index is 866. The van der Waals surface area contributed by atoms with Gasteiger partial charge in [-0.3, -0.25) is 19.3 Å². The zero-order valence-electron chi connectivity index (χ0n) is 15.7. The number of amides is 1. The molecule has 0 bridgehead atoms. The third kappa shape index (κ3) is 4.03. The van der Waals surface area contributed by atoms with Gasteiger partial charge in [-0.1, -0.05) is 13.8 Å². The molecule has 144 valence electrons. The van der Waals surface area contributed by atoms with E-state index in [0.717, 1.165) is 25.3 Å². The van der Waals surface area contributed by atoms with E-state index in [0.29, 0.717) is 30.6 Å². The number of rotatable bonds is 7. The average molecular weight is 371 g/mol. The molecule has 1 aliphatic rings. The van der Waals surface area contributed by atoms with Gasteiger partial charge in [-0.25, -0.2) is 0 Å². The van der Waals surface area contributed by atoms with Crippen LogP contribution in [-0.4, -0.2) is 41.2 Å². The number of hydrogen-bond acceptors (Lipinski definition) is 5. The van der Waals surface area contributed by atoms with Gasteiger partial charge in [0.05, 0.1) is 12.3 Å². The predicted octanol–water partition coefficient (Wildman–Crippen LogP) is 2.30. The first-order chi connectivity index (χ1) is 13.0. The maximum atomic E-state index is 12.6. The average Bonchev–Trinajstić information content (AvgIpc) is 3.19. The quantitative estimate of drug-likeness (QED) is 0.779. The van der Waals surface area contributed by atoms with Crippen molar-refractivity contribution in [2.24, 2.45) is 0 Å². The van der Waals surface area contributed by atoms with E-state index in [2.05, 4.69) is 15.2 Å². The molecule has 0 radical (unpaired) electrons. The van der Waals surface area contributed by atoms with Crippen LogP contribution in [0.5, 0.6) is 0 Å². The first-order valence-corrected chi connectivity index (χ1v) is 9.40. The van der Waals surface area contributed by atoms with E-state index in [9.17, 15) is 14.4 Å². The second-order valence-electron chi connectivity index (χ2n) is 6.64. The number of furan rings is 1. The summed E-state index contributed by atoms with van der Waals surface area (Å²) < 4.78 is 5.52. The van der Waals surface area contributed by atoms with Crippen LogP contribution in [0.1, 0.15) is 64.9 Å². The molecule has 0 spiro atoms. The first-order valence-electron chi connectivity index (χ1n) is 9.40. The van der Waals surface area contributed by atoms with Gasteiger partial charge < -0.3 is 14.7 Å². The van der Waals surface area contributed by atoms with Crippen LogP contribution in [-0.2, 0) is 6.42 Å². The summed E-state index contributed by atoms with van der Waals surface area (Å²) in [5, 5.41) is 2.83. The number of nitrogens with zero attached hydrogens (tertiary/aromatic N) is 1. The van der Waals surface area contributed by atoms with Crippen molar-refractivity contribution in [3.8, 4) is 0 Å². The zero-order valence-corrected chi connectivity index (χ0v) is 15.7. The fourth-order valence-electron chi connectivity index (χ4n) is 3.58. The molecule has 2 aromatic heterocycles. The van der Waals surface area contributed by atoms with Crippen LogP contribution in [0.15, 0.2) is 33.7 Å². The normalized spacial score (nSPS) is 14.9. The largest absolute Gasteiger partial charge is 0.468 e. The van der Waals surface area contributed by atoms with Crippen LogP contribution in [0.2, 0.25) is 0 Å². The molecular weight excluding hydrogens is 346 g/mol. The van der Waals surface area contributed by atoms with Gasteiger partial charge >= 0.3 is 0 Å². The molecule has 1 aliphatic carbocycles. The molecule has 3 rings (SSSR count). The molecule has 0 fully saturated rings. The van der Waals surface area contributed by atoms with Gasteiger partial charge in [0.15, 0.2) is 5.78 Å². The van der Waals surface area contributed by atoms with Crippen molar-refractivity contribution in [2.45, 2.75) is 39.2 Å². The molecule has 0 aliphatic heterocycles. The van der Waals surface area contributed by atoms with Crippen molar-refractivity contribution in [3.05, 3.63) is 57.4 Å². The van der Waals surface area contributed by atoms with Crippen LogP contribution in [0.4, 0.5) is 0 Å². The summed E-state index contributed by atoms with van der Waals surface area (Å²) in [7, 11) is 0. The molecule has 2 N–H and O–H groups in total. The van der Waals surface area contributed by atoms with Crippen LogP contribution in [0.3, 0.4) is 0 Å². The Balaban J connectivity index is 1.79. The highest BCUT2D eigenvalue weighted by Gasteiger charge is 2.24. The summed E-state index contributed by atoms with van der Waals surface area (Å²) in [6, 6.07) is 4.99. The lowest BCUT2D eigenvalue weighted by molar-refractivity contribution is 0.0928. The Morgan fingerprint density at radius 1 is 1.30 bits per heavy atom. The topological polar surface area (TPSA) is 95.4 Å². The van der Waals surface area contributed by atoms with Gasteiger partial charge in [0.2, 0.25) is 0 Å². The van der Waals surface area contributed by atoms with Crippen molar-refractivity contribution in [2.75, 3.05) is 19.6 Å². The summed E-state index contributed by atoms with van der Waals surface area (Å²) in [6.07, 6.45) is 3.43. The smallest absolute Gasteiger partial charge is 0.261 e. The number of aromatic amines is 1. The number of hydrogen-bond donors (Lipinski definition) is 2. The number of ketones is 1. The SMILES string of the molecule is CCN(CC)[C@H](CNC(=O)c1cc2c([nH]c1=O)CCCC2=O)c1ccco1. The fourth-order valence-corrected chi connectivity index (χ4v) is 3.58. The molecule has 0 saturated heterocycles. The third-order valence-corrected chi connectivity index (χ3v) is 5.08. The van der Waals surface area contributed by atoms with E-state index < -0.39 is 11.5 Å². The number of Topliss-reactive ketones (excluding diaryl/α,β-unsaturated/α-hetero) is 1. The van der Waals surface area contributed by atoms with Gasteiger partial charge in [0.25, 0.3) is 11.5 Å². The van der Waals surface area contributed by atoms with Crippen LogP contribution in [0, 0.1) is 0 Å². The maximum absolute atomic E-state index is 12.6. The molecule has 27 heavy (non-hydrogen) atoms. The van der Waals surface area contributed by atoms with Crippen LogP contribution >= 0.6 is 0 Å².